The van der Waals surface area contributed by atoms with Crippen molar-refractivity contribution < 1.29 is 0 Å². The number of pyridine rings is 1. The maximum Gasteiger partial charge on any atom is 0.130 e. The zero-order valence-corrected chi connectivity index (χ0v) is 12.5. The van der Waals surface area contributed by atoms with Crippen molar-refractivity contribution in [1.29, 1.82) is 0 Å². The lowest BCUT2D eigenvalue weighted by Gasteiger charge is -2.17. The van der Waals surface area contributed by atoms with Gasteiger partial charge in [0.1, 0.15) is 5.82 Å². The van der Waals surface area contributed by atoms with Gasteiger partial charge in [-0.15, -0.1) is 11.3 Å². The monoisotopic (exact) mass is 276 g/mol. The van der Waals surface area contributed by atoms with Gasteiger partial charge in [-0.3, -0.25) is 4.90 Å². The summed E-state index contributed by atoms with van der Waals surface area (Å²) in [5, 5.41) is 6.55. The van der Waals surface area contributed by atoms with Crippen molar-refractivity contribution in [3.05, 3.63) is 40.0 Å². The van der Waals surface area contributed by atoms with E-state index in [0.29, 0.717) is 0 Å². The average molecular weight is 276 g/mol. The number of nitrogens with one attached hydrogen (secondary N) is 1. The van der Waals surface area contributed by atoms with E-state index in [1.807, 2.05) is 19.2 Å². The minimum atomic E-state index is 0.866. The van der Waals surface area contributed by atoms with Gasteiger partial charge in [-0.25, -0.2) is 9.97 Å². The van der Waals surface area contributed by atoms with Gasteiger partial charge < -0.3 is 5.32 Å². The van der Waals surface area contributed by atoms with E-state index in [9.17, 15) is 0 Å². The summed E-state index contributed by atoms with van der Waals surface area (Å²) in [4.78, 5) is 11.1. The number of hydrogen-bond donors (Lipinski definition) is 1. The number of hydrogen-bond acceptors (Lipinski definition) is 5. The van der Waals surface area contributed by atoms with Crippen LogP contribution in [0.25, 0.3) is 0 Å². The Morgan fingerprint density at radius 2 is 2.21 bits per heavy atom. The van der Waals surface area contributed by atoms with Crippen LogP contribution in [0, 0.1) is 6.92 Å². The fraction of sp³-hybridized carbons (Fsp3) is 0.429. The average Bonchev–Trinajstić information content (AvgIpc) is 2.77. The van der Waals surface area contributed by atoms with Gasteiger partial charge in [0.25, 0.3) is 0 Å². The first-order chi connectivity index (χ1) is 9.19. The van der Waals surface area contributed by atoms with Gasteiger partial charge in [0.05, 0.1) is 10.7 Å². The van der Waals surface area contributed by atoms with Crippen LogP contribution in [-0.4, -0.2) is 28.5 Å². The van der Waals surface area contributed by atoms with E-state index in [0.717, 1.165) is 36.2 Å². The van der Waals surface area contributed by atoms with Gasteiger partial charge in [0, 0.05) is 36.8 Å². The predicted molar refractivity (Wildman–Crippen MR) is 80.4 cm³/mol. The predicted octanol–water partition coefficient (Wildman–Crippen LogP) is 2.91. The molecule has 102 valence electrons. The van der Waals surface area contributed by atoms with Gasteiger partial charge in [0.2, 0.25) is 0 Å². The maximum absolute atomic E-state index is 4.50. The molecule has 0 aliphatic rings. The largest absolute Gasteiger partial charge is 0.370 e. The number of rotatable bonds is 6. The molecule has 2 heterocycles. The number of aryl methyl sites for hydroxylation is 1. The highest BCUT2D eigenvalue weighted by Gasteiger charge is 2.08. The Morgan fingerprint density at radius 1 is 1.37 bits per heavy atom. The second-order valence-electron chi connectivity index (χ2n) is 4.57. The summed E-state index contributed by atoms with van der Waals surface area (Å²) < 4.78 is 0. The van der Waals surface area contributed by atoms with Crippen molar-refractivity contribution in [2.75, 3.05) is 18.9 Å². The number of nitrogens with zero attached hydrogens (tertiary/aromatic N) is 3. The third-order valence-corrected chi connectivity index (χ3v) is 3.60. The fourth-order valence-electron chi connectivity index (χ4n) is 2.00. The summed E-state index contributed by atoms with van der Waals surface area (Å²) in [7, 11) is 2.11. The van der Waals surface area contributed by atoms with Gasteiger partial charge >= 0.3 is 0 Å². The molecule has 0 aliphatic carbocycles. The van der Waals surface area contributed by atoms with Gasteiger partial charge in [0.15, 0.2) is 0 Å². The van der Waals surface area contributed by atoms with Crippen LogP contribution in [0.1, 0.15) is 23.2 Å². The summed E-state index contributed by atoms with van der Waals surface area (Å²) in [5.41, 5.74) is 2.36. The molecule has 0 bridgehead atoms. The normalized spacial score (nSPS) is 10.9. The number of anilines is 1. The molecule has 0 aromatic carbocycles. The van der Waals surface area contributed by atoms with E-state index in [2.05, 4.69) is 45.6 Å². The first-order valence-electron chi connectivity index (χ1n) is 6.46. The van der Waals surface area contributed by atoms with Crippen LogP contribution in [-0.2, 0) is 13.1 Å². The van der Waals surface area contributed by atoms with Crippen molar-refractivity contribution in [2.45, 2.75) is 26.9 Å². The molecule has 2 aromatic heterocycles. The molecule has 1 N–H and O–H groups in total. The third kappa shape index (κ3) is 4.01. The second-order valence-corrected chi connectivity index (χ2v) is 5.63. The number of thiazole rings is 1. The first kappa shape index (κ1) is 14.0. The lowest BCUT2D eigenvalue weighted by Crippen LogP contribution is -2.19. The van der Waals surface area contributed by atoms with Crippen LogP contribution < -0.4 is 5.32 Å². The van der Waals surface area contributed by atoms with E-state index < -0.39 is 0 Å². The van der Waals surface area contributed by atoms with Crippen molar-refractivity contribution >= 4 is 17.2 Å². The van der Waals surface area contributed by atoms with Crippen LogP contribution in [0.15, 0.2) is 23.7 Å². The van der Waals surface area contributed by atoms with Gasteiger partial charge in [-0.05, 0) is 27.0 Å². The summed E-state index contributed by atoms with van der Waals surface area (Å²) in [6, 6.07) is 4.10. The smallest absolute Gasteiger partial charge is 0.130 e. The van der Waals surface area contributed by atoms with E-state index in [4.69, 9.17) is 0 Å². The van der Waals surface area contributed by atoms with Crippen LogP contribution in [0.4, 0.5) is 5.82 Å². The first-order valence-corrected chi connectivity index (χ1v) is 7.34. The van der Waals surface area contributed by atoms with E-state index >= 15 is 0 Å². The van der Waals surface area contributed by atoms with Gasteiger partial charge in [-0.2, -0.15) is 0 Å². The Kier molecular flexibility index (Phi) is 4.87. The maximum atomic E-state index is 4.50. The molecule has 0 aliphatic heterocycles. The minimum absolute atomic E-state index is 0.866. The number of aromatic nitrogens is 2. The zero-order chi connectivity index (χ0) is 13.7. The molecule has 0 saturated carbocycles. The molecule has 0 amide bonds. The Bertz CT molecular complexity index is 524. The Morgan fingerprint density at radius 3 is 2.89 bits per heavy atom. The Labute approximate surface area is 118 Å². The summed E-state index contributed by atoms with van der Waals surface area (Å²) in [6.07, 6.45) is 1.82. The van der Waals surface area contributed by atoms with Crippen LogP contribution >= 0.6 is 11.3 Å². The van der Waals surface area contributed by atoms with E-state index in [1.165, 1.54) is 5.56 Å². The van der Waals surface area contributed by atoms with Gasteiger partial charge in [-0.1, -0.05) is 6.07 Å². The molecule has 0 atom stereocenters. The molecule has 2 rings (SSSR count). The lowest BCUT2D eigenvalue weighted by atomic mass is 10.2. The van der Waals surface area contributed by atoms with Crippen molar-refractivity contribution in [2.24, 2.45) is 0 Å². The zero-order valence-electron chi connectivity index (χ0n) is 11.7. The summed E-state index contributed by atoms with van der Waals surface area (Å²) in [6.45, 7) is 6.75. The van der Waals surface area contributed by atoms with Crippen LogP contribution in [0.2, 0.25) is 0 Å². The SMILES string of the molecule is CCNc1ncccc1CN(C)Cc1csc(C)n1. The Balaban J connectivity index is 2.00. The molecular formula is C14H20N4S. The van der Waals surface area contributed by atoms with E-state index in [1.54, 1.807) is 11.3 Å². The molecule has 2 aromatic rings. The third-order valence-electron chi connectivity index (χ3n) is 2.77. The lowest BCUT2D eigenvalue weighted by molar-refractivity contribution is 0.316. The quantitative estimate of drug-likeness (QED) is 0.881. The molecule has 0 spiro atoms. The molecule has 4 nitrogen and oxygen atoms in total. The summed E-state index contributed by atoms with van der Waals surface area (Å²) >= 11 is 1.70. The topological polar surface area (TPSA) is 41.1 Å². The van der Waals surface area contributed by atoms with Crippen LogP contribution in [0.5, 0.6) is 0 Å². The van der Waals surface area contributed by atoms with Crippen molar-refractivity contribution in [3.63, 3.8) is 0 Å². The fourth-order valence-corrected chi connectivity index (χ4v) is 2.60. The standard InChI is InChI=1S/C14H20N4S/c1-4-15-14-12(6-5-7-16-14)8-18(3)9-13-10-19-11(2)17-13/h5-7,10H,4,8-9H2,1-3H3,(H,15,16). The molecule has 19 heavy (non-hydrogen) atoms. The van der Waals surface area contributed by atoms with E-state index in [-0.39, 0.29) is 0 Å². The highest BCUT2D eigenvalue weighted by atomic mass is 32.1. The molecule has 5 heteroatoms. The second kappa shape index (κ2) is 6.63. The molecule has 0 fully saturated rings. The minimum Gasteiger partial charge on any atom is -0.370 e. The molecular weight excluding hydrogens is 256 g/mol. The Hall–Kier alpha value is -1.46. The highest BCUT2D eigenvalue weighted by Crippen LogP contribution is 2.15. The summed E-state index contributed by atoms with van der Waals surface area (Å²) in [5.74, 6) is 0.978. The molecule has 0 saturated heterocycles. The van der Waals surface area contributed by atoms with Crippen molar-refractivity contribution in [1.82, 2.24) is 14.9 Å². The molecule has 0 radical (unpaired) electrons. The molecule has 0 unspecified atom stereocenters. The van der Waals surface area contributed by atoms with Crippen LogP contribution in [0.3, 0.4) is 0 Å². The highest BCUT2D eigenvalue weighted by molar-refractivity contribution is 7.09. The van der Waals surface area contributed by atoms with Crippen molar-refractivity contribution in [3.8, 4) is 0 Å².